The van der Waals surface area contributed by atoms with E-state index >= 15 is 0 Å². The quantitative estimate of drug-likeness (QED) is 0.429. The molecule has 0 amide bonds. The Kier molecular flexibility index (Phi) is 10.0. The molecule has 0 spiro atoms. The second kappa shape index (κ2) is 12.2. The number of sulfonamides is 1. The van der Waals surface area contributed by atoms with Crippen molar-refractivity contribution in [2.75, 3.05) is 45.0 Å². The number of aliphatic imine (C=N–C) groups is 1. The van der Waals surface area contributed by atoms with Crippen LogP contribution >= 0.6 is 0 Å². The van der Waals surface area contributed by atoms with Gasteiger partial charge in [-0.05, 0) is 37.5 Å². The van der Waals surface area contributed by atoms with Crippen molar-refractivity contribution < 1.29 is 12.8 Å². The number of halogens is 1. The van der Waals surface area contributed by atoms with Crippen molar-refractivity contribution in [3.05, 3.63) is 35.6 Å². The fourth-order valence-electron chi connectivity index (χ4n) is 3.62. The largest absolute Gasteiger partial charge is 0.357 e. The Bertz CT molecular complexity index is 758. The highest BCUT2D eigenvalue weighted by molar-refractivity contribution is 7.89. The van der Waals surface area contributed by atoms with Crippen LogP contribution in [-0.4, -0.2) is 74.6 Å². The van der Waals surface area contributed by atoms with Gasteiger partial charge in [-0.3, -0.25) is 9.89 Å². The first-order valence-electron chi connectivity index (χ1n) is 10.9. The lowest BCUT2D eigenvalue weighted by Crippen LogP contribution is -2.48. The lowest BCUT2D eigenvalue weighted by atomic mass is 10.0. The summed E-state index contributed by atoms with van der Waals surface area (Å²) in [6.07, 6.45) is 1.95. The normalized spacial score (nSPS) is 16.8. The summed E-state index contributed by atoms with van der Waals surface area (Å²) in [5.41, 5.74) is 1.12. The molecule has 0 unspecified atom stereocenters. The van der Waals surface area contributed by atoms with Gasteiger partial charge in [0, 0.05) is 45.3 Å². The Morgan fingerprint density at radius 2 is 1.80 bits per heavy atom. The molecule has 170 valence electrons. The van der Waals surface area contributed by atoms with Gasteiger partial charge in [-0.1, -0.05) is 26.0 Å². The fraction of sp³-hybridized carbons (Fsp3) is 0.667. The van der Waals surface area contributed by atoms with Crippen molar-refractivity contribution in [3.8, 4) is 0 Å². The van der Waals surface area contributed by atoms with Crippen molar-refractivity contribution in [1.29, 1.82) is 0 Å². The van der Waals surface area contributed by atoms with Crippen LogP contribution in [0.1, 0.15) is 39.2 Å². The smallest absolute Gasteiger partial charge is 0.215 e. The molecule has 30 heavy (non-hydrogen) atoms. The number of hydrogen-bond acceptors (Lipinski definition) is 4. The van der Waals surface area contributed by atoms with E-state index in [9.17, 15) is 12.8 Å². The van der Waals surface area contributed by atoms with Crippen LogP contribution in [0.3, 0.4) is 0 Å². The van der Waals surface area contributed by atoms with Crippen LogP contribution in [0, 0.1) is 5.82 Å². The van der Waals surface area contributed by atoms with Gasteiger partial charge in [-0.15, -0.1) is 0 Å². The summed E-state index contributed by atoms with van der Waals surface area (Å²) in [7, 11) is -3.27. The maximum Gasteiger partial charge on any atom is 0.215 e. The molecule has 2 rings (SSSR count). The Morgan fingerprint density at radius 3 is 2.37 bits per heavy atom. The van der Waals surface area contributed by atoms with Gasteiger partial charge in [-0.25, -0.2) is 17.1 Å². The van der Waals surface area contributed by atoms with Crippen molar-refractivity contribution in [1.82, 2.24) is 19.8 Å². The van der Waals surface area contributed by atoms with Gasteiger partial charge in [0.25, 0.3) is 0 Å². The second-order valence-corrected chi connectivity index (χ2v) is 9.57. The van der Waals surface area contributed by atoms with Gasteiger partial charge in [0.2, 0.25) is 10.0 Å². The lowest BCUT2D eigenvalue weighted by Gasteiger charge is -2.33. The predicted molar refractivity (Wildman–Crippen MR) is 121 cm³/mol. The van der Waals surface area contributed by atoms with Gasteiger partial charge in [0.1, 0.15) is 5.82 Å². The van der Waals surface area contributed by atoms with E-state index in [0.29, 0.717) is 25.1 Å². The van der Waals surface area contributed by atoms with Gasteiger partial charge in [0.05, 0.1) is 12.3 Å². The average Bonchev–Trinajstić information content (AvgIpc) is 2.72. The number of hydrogen-bond donors (Lipinski definition) is 2. The molecule has 2 N–H and O–H groups in total. The number of rotatable bonds is 10. The van der Waals surface area contributed by atoms with E-state index in [1.165, 1.54) is 16.4 Å². The minimum absolute atomic E-state index is 0.0152. The Labute approximate surface area is 180 Å². The van der Waals surface area contributed by atoms with E-state index in [0.717, 1.165) is 44.6 Å². The molecule has 1 aliphatic rings. The minimum Gasteiger partial charge on any atom is -0.357 e. The highest BCUT2D eigenvalue weighted by Crippen LogP contribution is 2.14. The SMILES string of the molecule is CCNC(=NCCS(=O)(=O)N(CC)CC)NC1CCN(Cc2ccc(F)cc2)CC1. The number of guanidine groups is 1. The van der Waals surface area contributed by atoms with Gasteiger partial charge < -0.3 is 10.6 Å². The minimum atomic E-state index is -3.27. The number of piperidine rings is 1. The first-order valence-corrected chi connectivity index (χ1v) is 12.5. The van der Waals surface area contributed by atoms with Crippen molar-refractivity contribution >= 4 is 16.0 Å². The zero-order chi connectivity index (χ0) is 22.0. The highest BCUT2D eigenvalue weighted by Gasteiger charge is 2.21. The lowest BCUT2D eigenvalue weighted by molar-refractivity contribution is 0.198. The number of nitrogens with one attached hydrogen (secondary N) is 2. The molecule has 9 heteroatoms. The molecule has 1 heterocycles. The maximum absolute atomic E-state index is 13.1. The Hall–Kier alpha value is -1.71. The standard InChI is InChI=1S/C21H36FN5O2S/c1-4-23-21(24-13-16-30(28,29)27(5-2)6-3)25-20-11-14-26(15-12-20)17-18-7-9-19(22)10-8-18/h7-10,20H,4-6,11-17H2,1-3H3,(H2,23,24,25). The third-order valence-corrected chi connectivity index (χ3v) is 7.31. The zero-order valence-corrected chi connectivity index (χ0v) is 19.2. The molecule has 1 saturated heterocycles. The van der Waals surface area contributed by atoms with Crippen LogP contribution in [0.25, 0.3) is 0 Å². The molecule has 0 aromatic heterocycles. The van der Waals surface area contributed by atoms with E-state index in [4.69, 9.17) is 0 Å². The van der Waals surface area contributed by atoms with Crippen LogP contribution in [-0.2, 0) is 16.6 Å². The summed E-state index contributed by atoms with van der Waals surface area (Å²) < 4.78 is 39.2. The maximum atomic E-state index is 13.1. The molecule has 0 radical (unpaired) electrons. The van der Waals surface area contributed by atoms with Gasteiger partial charge >= 0.3 is 0 Å². The first kappa shape index (κ1) is 24.6. The fourth-order valence-corrected chi connectivity index (χ4v) is 4.98. The van der Waals surface area contributed by atoms with E-state index < -0.39 is 10.0 Å². The number of likely N-dealkylation sites (tertiary alicyclic amines) is 1. The zero-order valence-electron chi connectivity index (χ0n) is 18.4. The van der Waals surface area contributed by atoms with Crippen molar-refractivity contribution in [2.24, 2.45) is 4.99 Å². The molecule has 1 aromatic rings. The van der Waals surface area contributed by atoms with E-state index in [2.05, 4.69) is 20.5 Å². The summed E-state index contributed by atoms with van der Waals surface area (Å²) in [6.45, 7) is 10.3. The number of benzene rings is 1. The third-order valence-electron chi connectivity index (χ3n) is 5.31. The third kappa shape index (κ3) is 7.85. The summed E-state index contributed by atoms with van der Waals surface area (Å²) >= 11 is 0. The Morgan fingerprint density at radius 1 is 1.17 bits per heavy atom. The number of nitrogens with zero attached hydrogens (tertiary/aromatic N) is 3. The molecule has 0 saturated carbocycles. The van der Waals surface area contributed by atoms with Crippen LogP contribution in [0.15, 0.2) is 29.3 Å². The topological polar surface area (TPSA) is 77.0 Å². The molecular weight excluding hydrogens is 405 g/mol. The summed E-state index contributed by atoms with van der Waals surface area (Å²) in [6, 6.07) is 6.97. The van der Waals surface area contributed by atoms with E-state index in [1.54, 1.807) is 0 Å². The Balaban J connectivity index is 1.82. The van der Waals surface area contributed by atoms with Crippen LogP contribution in [0.2, 0.25) is 0 Å². The van der Waals surface area contributed by atoms with Crippen LogP contribution in [0.4, 0.5) is 4.39 Å². The monoisotopic (exact) mass is 441 g/mol. The molecule has 0 bridgehead atoms. The molecule has 1 aromatic carbocycles. The van der Waals surface area contributed by atoms with Gasteiger partial charge in [-0.2, -0.15) is 0 Å². The first-order chi connectivity index (χ1) is 14.4. The van der Waals surface area contributed by atoms with Crippen molar-refractivity contribution in [2.45, 2.75) is 46.2 Å². The van der Waals surface area contributed by atoms with Crippen LogP contribution in [0.5, 0.6) is 0 Å². The molecule has 1 aliphatic heterocycles. The summed E-state index contributed by atoms with van der Waals surface area (Å²) in [5.74, 6) is 0.479. The molecule has 7 nitrogen and oxygen atoms in total. The van der Waals surface area contributed by atoms with Crippen LogP contribution < -0.4 is 10.6 Å². The molecular formula is C21H36FN5O2S. The second-order valence-electron chi connectivity index (χ2n) is 7.48. The highest BCUT2D eigenvalue weighted by atomic mass is 32.2. The molecule has 0 atom stereocenters. The van der Waals surface area contributed by atoms with E-state index in [1.807, 2.05) is 32.9 Å². The summed E-state index contributed by atoms with van der Waals surface area (Å²) in [4.78, 5) is 6.85. The molecule has 1 fully saturated rings. The molecule has 0 aliphatic carbocycles. The average molecular weight is 442 g/mol. The van der Waals surface area contributed by atoms with E-state index in [-0.39, 0.29) is 18.1 Å². The van der Waals surface area contributed by atoms with Crippen molar-refractivity contribution in [3.63, 3.8) is 0 Å². The summed E-state index contributed by atoms with van der Waals surface area (Å²) in [5, 5.41) is 6.66. The predicted octanol–water partition coefficient (Wildman–Crippen LogP) is 2.02. The van der Waals surface area contributed by atoms with Gasteiger partial charge in [0.15, 0.2) is 5.96 Å².